The van der Waals surface area contributed by atoms with Crippen LogP contribution in [0.2, 0.25) is 0 Å². The van der Waals surface area contributed by atoms with Gasteiger partial charge in [0, 0.05) is 11.8 Å². The molecular weight excluding hydrogens is 209 g/mol. The van der Waals surface area contributed by atoms with Crippen LogP contribution in [0.25, 0.3) is 0 Å². The predicted octanol–water partition coefficient (Wildman–Crippen LogP) is 2.46. The smallest absolute Gasteiger partial charge is 0.126 e. The van der Waals surface area contributed by atoms with Crippen molar-refractivity contribution in [2.24, 2.45) is 0 Å². The van der Waals surface area contributed by atoms with E-state index < -0.39 is 0 Å². The topological polar surface area (TPSA) is 12.0 Å². The Kier molecular flexibility index (Phi) is 4.03. The highest BCUT2D eigenvalue weighted by Gasteiger charge is 2.14. The molecule has 2 rings (SSSR count). The molecule has 0 saturated carbocycles. The minimum atomic E-state index is -0.0832. The largest absolute Gasteiger partial charge is 0.313 e. The van der Waals surface area contributed by atoms with Crippen molar-refractivity contribution in [1.82, 2.24) is 5.32 Å². The first-order valence-corrected chi connectivity index (χ1v) is 6.56. The Labute approximate surface area is 94.5 Å². The van der Waals surface area contributed by atoms with Gasteiger partial charge in [0.15, 0.2) is 0 Å². The first-order chi connectivity index (χ1) is 7.36. The summed E-state index contributed by atoms with van der Waals surface area (Å²) < 4.78 is 13.3. The molecule has 0 aromatic heterocycles. The molecule has 15 heavy (non-hydrogen) atoms. The average Bonchev–Trinajstić information content (AvgIpc) is 2.74. The van der Waals surface area contributed by atoms with Crippen molar-refractivity contribution >= 4 is 11.8 Å². The molecule has 0 bridgehead atoms. The summed E-state index contributed by atoms with van der Waals surface area (Å²) in [5.74, 6) is 2.38. The third kappa shape index (κ3) is 3.21. The van der Waals surface area contributed by atoms with Crippen LogP contribution in [0, 0.1) is 5.82 Å². The van der Waals surface area contributed by atoms with Crippen molar-refractivity contribution in [3.8, 4) is 0 Å². The van der Waals surface area contributed by atoms with Crippen molar-refractivity contribution < 1.29 is 4.39 Å². The van der Waals surface area contributed by atoms with Crippen LogP contribution in [0.5, 0.6) is 0 Å². The number of hydrogen-bond acceptors (Lipinski definition) is 2. The van der Waals surface area contributed by atoms with Crippen LogP contribution in [0.4, 0.5) is 4.39 Å². The minimum Gasteiger partial charge on any atom is -0.313 e. The third-order valence-corrected chi connectivity index (χ3v) is 3.88. The normalized spacial score (nSPS) is 20.7. The van der Waals surface area contributed by atoms with E-state index in [0.717, 1.165) is 18.5 Å². The lowest BCUT2D eigenvalue weighted by Crippen LogP contribution is -2.30. The summed E-state index contributed by atoms with van der Waals surface area (Å²) in [5, 5.41) is 3.47. The zero-order valence-electron chi connectivity index (χ0n) is 8.71. The number of rotatable bonds is 4. The van der Waals surface area contributed by atoms with Crippen molar-refractivity contribution in [3.05, 3.63) is 35.6 Å². The highest BCUT2D eigenvalue weighted by atomic mass is 32.2. The lowest BCUT2D eigenvalue weighted by Gasteiger charge is -2.10. The molecule has 0 amide bonds. The fraction of sp³-hybridized carbons (Fsp3) is 0.500. The molecule has 0 unspecified atom stereocenters. The van der Waals surface area contributed by atoms with Crippen LogP contribution >= 0.6 is 11.8 Å². The Morgan fingerprint density at radius 1 is 1.40 bits per heavy atom. The Balaban J connectivity index is 1.75. The number of hydrogen-bond donors (Lipinski definition) is 1. The van der Waals surface area contributed by atoms with Crippen LogP contribution in [-0.2, 0) is 6.42 Å². The second-order valence-corrected chi connectivity index (χ2v) is 5.01. The Morgan fingerprint density at radius 2 is 2.27 bits per heavy atom. The van der Waals surface area contributed by atoms with Gasteiger partial charge in [0.1, 0.15) is 5.82 Å². The molecule has 1 aromatic carbocycles. The van der Waals surface area contributed by atoms with Crippen LogP contribution in [0.1, 0.15) is 12.0 Å². The van der Waals surface area contributed by atoms with Crippen LogP contribution in [0.15, 0.2) is 24.3 Å². The molecule has 1 aliphatic heterocycles. The Hall–Kier alpha value is -0.540. The maximum Gasteiger partial charge on any atom is 0.126 e. The van der Waals surface area contributed by atoms with Crippen molar-refractivity contribution in [1.29, 1.82) is 0 Å². The maximum atomic E-state index is 13.3. The standard InChI is InChI=1S/C12H16FNS/c13-12-4-2-1-3-10(12)5-7-14-11-6-8-15-9-11/h1-4,11,14H,5-9H2/t11-/m1/s1. The van der Waals surface area contributed by atoms with Crippen LogP contribution < -0.4 is 5.32 Å². The van der Waals surface area contributed by atoms with E-state index in [-0.39, 0.29) is 5.82 Å². The molecule has 1 saturated heterocycles. The quantitative estimate of drug-likeness (QED) is 0.845. The maximum absolute atomic E-state index is 13.3. The fourth-order valence-corrected chi connectivity index (χ4v) is 2.99. The van der Waals surface area contributed by atoms with Crippen molar-refractivity contribution in [3.63, 3.8) is 0 Å². The highest BCUT2D eigenvalue weighted by Crippen LogP contribution is 2.17. The number of halogens is 1. The van der Waals surface area contributed by atoms with E-state index in [0.29, 0.717) is 6.04 Å². The molecular formula is C12H16FNS. The van der Waals surface area contributed by atoms with Gasteiger partial charge >= 0.3 is 0 Å². The van der Waals surface area contributed by atoms with Gasteiger partial charge in [-0.3, -0.25) is 0 Å². The number of benzene rings is 1. The summed E-state index contributed by atoms with van der Waals surface area (Å²) in [5.41, 5.74) is 0.815. The Bertz CT molecular complexity index is 310. The summed E-state index contributed by atoms with van der Waals surface area (Å²) >= 11 is 2.00. The molecule has 82 valence electrons. The van der Waals surface area contributed by atoms with Crippen molar-refractivity contribution in [2.45, 2.75) is 18.9 Å². The van der Waals surface area contributed by atoms with Gasteiger partial charge in [0.25, 0.3) is 0 Å². The first kappa shape index (κ1) is 11.0. The van der Waals surface area contributed by atoms with Crippen molar-refractivity contribution in [2.75, 3.05) is 18.1 Å². The van der Waals surface area contributed by atoms with Crippen LogP contribution in [-0.4, -0.2) is 24.1 Å². The molecule has 1 nitrogen and oxygen atoms in total. The second-order valence-electron chi connectivity index (χ2n) is 3.86. The first-order valence-electron chi connectivity index (χ1n) is 5.41. The van der Waals surface area contributed by atoms with E-state index in [4.69, 9.17) is 0 Å². The zero-order valence-corrected chi connectivity index (χ0v) is 9.52. The van der Waals surface area contributed by atoms with Gasteiger partial charge in [0.05, 0.1) is 0 Å². The summed E-state index contributed by atoms with van der Waals surface area (Å²) in [6.07, 6.45) is 2.04. The van der Waals surface area contributed by atoms with Gasteiger partial charge in [0.2, 0.25) is 0 Å². The zero-order chi connectivity index (χ0) is 10.5. The molecule has 0 spiro atoms. The van der Waals surface area contributed by atoms with E-state index in [1.54, 1.807) is 6.07 Å². The van der Waals surface area contributed by atoms with Gasteiger partial charge < -0.3 is 5.32 Å². The van der Waals surface area contributed by atoms with Crippen LogP contribution in [0.3, 0.4) is 0 Å². The molecule has 1 fully saturated rings. The van der Waals surface area contributed by atoms with Gasteiger partial charge in [-0.2, -0.15) is 11.8 Å². The van der Waals surface area contributed by atoms with E-state index in [2.05, 4.69) is 5.32 Å². The lowest BCUT2D eigenvalue weighted by molar-refractivity contribution is 0.548. The summed E-state index contributed by atoms with van der Waals surface area (Å²) in [6.45, 7) is 0.881. The van der Waals surface area contributed by atoms with E-state index in [1.807, 2.05) is 23.9 Å². The molecule has 1 heterocycles. The summed E-state index contributed by atoms with van der Waals surface area (Å²) in [6, 6.07) is 7.66. The Morgan fingerprint density at radius 3 is 3.00 bits per heavy atom. The molecule has 1 aromatic rings. The summed E-state index contributed by atoms with van der Waals surface area (Å²) in [7, 11) is 0. The monoisotopic (exact) mass is 225 g/mol. The van der Waals surface area contributed by atoms with Gasteiger partial charge in [-0.1, -0.05) is 18.2 Å². The van der Waals surface area contributed by atoms with Gasteiger partial charge in [-0.15, -0.1) is 0 Å². The molecule has 1 atom stereocenters. The fourth-order valence-electron chi connectivity index (χ4n) is 1.81. The van der Waals surface area contributed by atoms with E-state index in [1.165, 1.54) is 24.0 Å². The second kappa shape index (κ2) is 5.52. The number of thioether (sulfide) groups is 1. The SMILES string of the molecule is Fc1ccccc1CCN[C@@H]1CCSC1. The minimum absolute atomic E-state index is 0.0832. The molecule has 1 aliphatic rings. The lowest BCUT2D eigenvalue weighted by atomic mass is 10.1. The molecule has 3 heteroatoms. The average molecular weight is 225 g/mol. The van der Waals surface area contributed by atoms with E-state index in [9.17, 15) is 4.39 Å². The van der Waals surface area contributed by atoms with Gasteiger partial charge in [-0.25, -0.2) is 4.39 Å². The molecule has 0 radical (unpaired) electrons. The van der Waals surface area contributed by atoms with E-state index >= 15 is 0 Å². The predicted molar refractivity (Wildman–Crippen MR) is 63.8 cm³/mol. The van der Waals surface area contributed by atoms with Gasteiger partial charge in [-0.05, 0) is 36.8 Å². The summed E-state index contributed by atoms with van der Waals surface area (Å²) in [4.78, 5) is 0. The third-order valence-electron chi connectivity index (χ3n) is 2.71. The molecule has 0 aliphatic carbocycles. The molecule has 1 N–H and O–H groups in total. The number of nitrogens with one attached hydrogen (secondary N) is 1. The highest BCUT2D eigenvalue weighted by molar-refractivity contribution is 7.99.